The van der Waals surface area contributed by atoms with E-state index in [1.54, 1.807) is 6.07 Å². The highest BCUT2D eigenvalue weighted by molar-refractivity contribution is 6.44. The number of aromatic nitrogens is 2. The summed E-state index contributed by atoms with van der Waals surface area (Å²) >= 11 is 22.1. The van der Waals surface area contributed by atoms with E-state index in [9.17, 15) is 0 Å². The molecule has 0 aliphatic carbocycles. The summed E-state index contributed by atoms with van der Waals surface area (Å²) in [7, 11) is 0. The Morgan fingerprint density at radius 1 is 1.18 bits per heavy atom. The molecule has 0 aliphatic heterocycles. The van der Waals surface area contributed by atoms with Gasteiger partial charge in [-0.05, 0) is 6.07 Å². The SMILES string of the molecule is ClC(Cl)c1cc(C(Cl)Cl)[nH]n1. The first-order valence-electron chi connectivity index (χ1n) is 2.72. The molecule has 0 saturated heterocycles. The van der Waals surface area contributed by atoms with Gasteiger partial charge in [0.1, 0.15) is 4.84 Å². The molecule has 0 amide bonds. The van der Waals surface area contributed by atoms with Crippen LogP contribution >= 0.6 is 46.4 Å². The van der Waals surface area contributed by atoms with Crippen molar-refractivity contribution < 1.29 is 0 Å². The third-order valence-electron chi connectivity index (χ3n) is 1.08. The molecule has 6 heteroatoms. The minimum absolute atomic E-state index is 0.523. The Hall–Kier alpha value is 0.370. The molecular formula is C5H4Cl4N2. The van der Waals surface area contributed by atoms with E-state index in [1.807, 2.05) is 0 Å². The van der Waals surface area contributed by atoms with Crippen molar-refractivity contribution in [2.75, 3.05) is 0 Å². The molecule has 1 aromatic heterocycles. The number of alkyl halides is 4. The van der Waals surface area contributed by atoms with E-state index in [1.165, 1.54) is 0 Å². The van der Waals surface area contributed by atoms with Crippen molar-refractivity contribution in [1.82, 2.24) is 10.2 Å². The van der Waals surface area contributed by atoms with Crippen LogP contribution in [0.2, 0.25) is 0 Å². The smallest absolute Gasteiger partial charge is 0.151 e. The highest BCUT2D eigenvalue weighted by atomic mass is 35.5. The summed E-state index contributed by atoms with van der Waals surface area (Å²) in [4.78, 5) is -1.27. The molecular weight excluding hydrogens is 230 g/mol. The minimum Gasteiger partial charge on any atom is -0.279 e. The van der Waals surface area contributed by atoms with Crippen LogP contribution in [0.4, 0.5) is 0 Å². The Kier molecular flexibility index (Phi) is 3.31. The fourth-order valence-electron chi connectivity index (χ4n) is 0.577. The van der Waals surface area contributed by atoms with Gasteiger partial charge in [-0.3, -0.25) is 5.10 Å². The normalized spacial score (nSPS) is 11.5. The summed E-state index contributed by atoms with van der Waals surface area (Å²) in [5, 5.41) is 6.38. The highest BCUT2D eigenvalue weighted by Gasteiger charge is 2.11. The van der Waals surface area contributed by atoms with E-state index in [4.69, 9.17) is 46.4 Å². The number of H-pyrrole nitrogens is 1. The van der Waals surface area contributed by atoms with Crippen LogP contribution in [-0.2, 0) is 0 Å². The largest absolute Gasteiger partial charge is 0.279 e. The lowest BCUT2D eigenvalue weighted by molar-refractivity contribution is 0.989. The fraction of sp³-hybridized carbons (Fsp3) is 0.400. The number of hydrogen-bond acceptors (Lipinski definition) is 1. The molecule has 0 atom stereocenters. The molecule has 0 saturated carbocycles. The summed E-state index contributed by atoms with van der Waals surface area (Å²) < 4.78 is 0. The van der Waals surface area contributed by atoms with Crippen LogP contribution in [0, 0.1) is 0 Å². The molecule has 1 rings (SSSR count). The zero-order chi connectivity index (χ0) is 8.43. The first-order chi connectivity index (χ1) is 5.11. The zero-order valence-corrected chi connectivity index (χ0v) is 8.21. The molecule has 2 nitrogen and oxygen atoms in total. The summed E-state index contributed by atoms with van der Waals surface area (Å²) in [6, 6.07) is 1.62. The van der Waals surface area contributed by atoms with Crippen LogP contribution in [0.5, 0.6) is 0 Å². The number of nitrogens with zero attached hydrogens (tertiary/aromatic N) is 1. The number of rotatable bonds is 2. The van der Waals surface area contributed by atoms with Crippen LogP contribution in [0.3, 0.4) is 0 Å². The van der Waals surface area contributed by atoms with Crippen molar-refractivity contribution in [2.24, 2.45) is 0 Å². The van der Waals surface area contributed by atoms with Gasteiger partial charge in [-0.25, -0.2) is 0 Å². The molecule has 0 unspecified atom stereocenters. The molecule has 0 aromatic carbocycles. The second-order valence-electron chi connectivity index (χ2n) is 1.85. The predicted octanol–water partition coefficient (Wildman–Crippen LogP) is 3.36. The first-order valence-corrected chi connectivity index (χ1v) is 4.47. The number of halogens is 4. The van der Waals surface area contributed by atoms with Crippen LogP contribution in [0.25, 0.3) is 0 Å². The van der Waals surface area contributed by atoms with Crippen molar-refractivity contribution in [1.29, 1.82) is 0 Å². The number of hydrogen-bond donors (Lipinski definition) is 1. The lowest BCUT2D eigenvalue weighted by Crippen LogP contribution is -1.79. The molecule has 0 aliphatic rings. The Balaban J connectivity index is 2.82. The van der Waals surface area contributed by atoms with Crippen molar-refractivity contribution >= 4 is 46.4 Å². The molecule has 62 valence electrons. The average molecular weight is 234 g/mol. The quantitative estimate of drug-likeness (QED) is 0.780. The van der Waals surface area contributed by atoms with Crippen molar-refractivity contribution in [3.05, 3.63) is 17.5 Å². The molecule has 0 fully saturated rings. The van der Waals surface area contributed by atoms with Gasteiger partial charge in [0.25, 0.3) is 0 Å². The Morgan fingerprint density at radius 3 is 2.09 bits per heavy atom. The van der Waals surface area contributed by atoms with Gasteiger partial charge in [-0.1, -0.05) is 46.4 Å². The molecule has 0 radical (unpaired) electrons. The van der Waals surface area contributed by atoms with Crippen molar-refractivity contribution in [3.8, 4) is 0 Å². The van der Waals surface area contributed by atoms with E-state index in [2.05, 4.69) is 10.2 Å². The van der Waals surface area contributed by atoms with Gasteiger partial charge in [0.05, 0.1) is 11.4 Å². The Bertz CT molecular complexity index is 210. The zero-order valence-electron chi connectivity index (χ0n) is 5.19. The second-order valence-corrected chi connectivity index (χ2v) is 4.04. The topological polar surface area (TPSA) is 28.7 Å². The first kappa shape index (κ1) is 9.46. The standard InChI is InChI=1S/C5H4Cl4N2/c6-4(7)2-1-3(5(8)9)11-10-2/h1,4-5H,(H,10,11). The van der Waals surface area contributed by atoms with Gasteiger partial charge in [0.15, 0.2) is 4.84 Å². The Morgan fingerprint density at radius 2 is 1.82 bits per heavy atom. The van der Waals surface area contributed by atoms with E-state index >= 15 is 0 Å². The highest BCUT2D eigenvalue weighted by Crippen LogP contribution is 2.28. The summed E-state index contributed by atoms with van der Waals surface area (Å²) in [6.45, 7) is 0. The van der Waals surface area contributed by atoms with Crippen molar-refractivity contribution in [3.63, 3.8) is 0 Å². The van der Waals surface area contributed by atoms with Crippen LogP contribution < -0.4 is 0 Å². The van der Waals surface area contributed by atoms with E-state index in [0.717, 1.165) is 0 Å². The monoisotopic (exact) mass is 232 g/mol. The van der Waals surface area contributed by atoms with Crippen LogP contribution in [-0.4, -0.2) is 10.2 Å². The number of aromatic amines is 1. The lowest BCUT2D eigenvalue weighted by Gasteiger charge is -1.92. The maximum Gasteiger partial charge on any atom is 0.151 e. The van der Waals surface area contributed by atoms with Crippen molar-refractivity contribution in [2.45, 2.75) is 9.67 Å². The van der Waals surface area contributed by atoms with Gasteiger partial charge in [0, 0.05) is 0 Å². The van der Waals surface area contributed by atoms with Gasteiger partial charge in [-0.2, -0.15) is 5.10 Å². The van der Waals surface area contributed by atoms with Gasteiger partial charge < -0.3 is 0 Å². The maximum absolute atomic E-state index is 5.53. The molecule has 0 spiro atoms. The van der Waals surface area contributed by atoms with E-state index < -0.39 is 9.67 Å². The molecule has 1 heterocycles. The molecule has 1 aromatic rings. The van der Waals surface area contributed by atoms with Gasteiger partial charge >= 0.3 is 0 Å². The minimum atomic E-state index is -0.646. The molecule has 1 N–H and O–H groups in total. The summed E-state index contributed by atoms with van der Waals surface area (Å²) in [5.74, 6) is 0. The van der Waals surface area contributed by atoms with Crippen LogP contribution in [0.15, 0.2) is 6.07 Å². The predicted molar refractivity (Wildman–Crippen MR) is 47.5 cm³/mol. The van der Waals surface area contributed by atoms with Crippen LogP contribution in [0.1, 0.15) is 21.1 Å². The third-order valence-corrected chi connectivity index (χ3v) is 1.99. The van der Waals surface area contributed by atoms with Gasteiger partial charge in [0.2, 0.25) is 0 Å². The third kappa shape index (κ3) is 2.41. The fourth-order valence-corrected chi connectivity index (χ4v) is 1.02. The molecule has 0 bridgehead atoms. The summed E-state index contributed by atoms with van der Waals surface area (Å²) in [6.07, 6.45) is 0. The van der Waals surface area contributed by atoms with E-state index in [-0.39, 0.29) is 0 Å². The second kappa shape index (κ2) is 3.85. The number of nitrogens with one attached hydrogen (secondary N) is 1. The molecule has 11 heavy (non-hydrogen) atoms. The Labute approximate surface area is 83.8 Å². The average Bonchev–Trinajstić information content (AvgIpc) is 2.33. The van der Waals surface area contributed by atoms with E-state index in [0.29, 0.717) is 11.4 Å². The summed E-state index contributed by atoms with van der Waals surface area (Å²) in [5.41, 5.74) is 1.12. The maximum atomic E-state index is 5.53. The lowest BCUT2D eigenvalue weighted by atomic mass is 10.4. The van der Waals surface area contributed by atoms with Gasteiger partial charge in [-0.15, -0.1) is 0 Å².